The van der Waals surface area contributed by atoms with Gasteiger partial charge in [0, 0.05) is 30.3 Å². The van der Waals surface area contributed by atoms with Crippen LogP contribution in [0.2, 0.25) is 0 Å². The highest BCUT2D eigenvalue weighted by Gasteiger charge is 2.41. The van der Waals surface area contributed by atoms with Crippen molar-refractivity contribution in [3.8, 4) is 22.1 Å². The van der Waals surface area contributed by atoms with Crippen molar-refractivity contribution >= 4 is 56.3 Å². The first-order valence-corrected chi connectivity index (χ1v) is 23.2. The number of pyridine rings is 2. The fourth-order valence-corrected chi connectivity index (χ4v) is 8.87. The molecule has 0 saturated carbocycles. The van der Waals surface area contributed by atoms with Gasteiger partial charge in [-0.3, -0.25) is 19.0 Å². The molecule has 10 rings (SSSR count). The SMILES string of the molecule is CCc1nc(Cn2nc(C(F)(F)F)c(NC(=O)c3cc(-c4sc(C)nc4C)nc4ccccc34)c2C)no1.Cc1cc(Cn2nc(C(F)(F)F)c(NC(=O)c3cc(-c4ncnn4C)nc4ccccc34)c2C)no1. The number of nitrogens with one attached hydrogen (secondary N) is 2. The number of carbonyl (C=O) groups excluding carboxylic acids is 2. The number of thiazole rings is 1. The lowest BCUT2D eigenvalue weighted by atomic mass is 10.1. The Morgan fingerprint density at radius 3 is 1.73 bits per heavy atom. The van der Waals surface area contributed by atoms with E-state index in [1.165, 1.54) is 42.3 Å². The van der Waals surface area contributed by atoms with E-state index in [1.54, 1.807) is 74.6 Å². The predicted octanol–water partition coefficient (Wildman–Crippen LogP) is 9.90. The van der Waals surface area contributed by atoms with Gasteiger partial charge in [0.1, 0.15) is 30.0 Å². The number of alkyl halides is 6. The van der Waals surface area contributed by atoms with E-state index in [2.05, 4.69) is 61.2 Å². The molecule has 8 heterocycles. The smallest absolute Gasteiger partial charge is 0.361 e. The average molecular weight is 1040 g/mol. The van der Waals surface area contributed by atoms with Gasteiger partial charge in [-0.1, -0.05) is 53.6 Å². The largest absolute Gasteiger partial charge is 0.437 e. The highest BCUT2D eigenvalue weighted by Crippen LogP contribution is 2.39. The number of aromatic nitrogens is 13. The van der Waals surface area contributed by atoms with Gasteiger partial charge in [0.2, 0.25) is 5.89 Å². The number of carbonyl (C=O) groups is 2. The summed E-state index contributed by atoms with van der Waals surface area (Å²) in [6.45, 7) is 9.88. The number of hydrogen-bond acceptors (Lipinski definition) is 15. The molecule has 0 aliphatic heterocycles. The Hall–Kier alpha value is -8.68. The van der Waals surface area contributed by atoms with E-state index >= 15 is 0 Å². The number of rotatable bonds is 11. The lowest BCUT2D eigenvalue weighted by Crippen LogP contribution is -2.17. The van der Waals surface area contributed by atoms with Crippen molar-refractivity contribution in [1.29, 1.82) is 0 Å². The number of aryl methyl sites for hydroxylation is 5. The van der Waals surface area contributed by atoms with Gasteiger partial charge in [0.15, 0.2) is 23.0 Å². The molecule has 26 heteroatoms. The van der Waals surface area contributed by atoms with Crippen LogP contribution in [0.25, 0.3) is 43.9 Å². The average Bonchev–Trinajstić information content (AvgIpc) is 4.24. The molecule has 0 aliphatic rings. The van der Waals surface area contributed by atoms with Crippen LogP contribution in [0.15, 0.2) is 82.1 Å². The first kappa shape index (κ1) is 50.3. The van der Waals surface area contributed by atoms with Gasteiger partial charge in [-0.15, -0.1) is 11.3 Å². The van der Waals surface area contributed by atoms with Crippen molar-refractivity contribution in [2.24, 2.45) is 7.05 Å². The minimum atomic E-state index is -4.81. The van der Waals surface area contributed by atoms with Gasteiger partial charge >= 0.3 is 12.4 Å². The van der Waals surface area contributed by atoms with Crippen molar-refractivity contribution in [2.75, 3.05) is 10.6 Å². The molecule has 10 aromatic rings. The molecule has 0 atom stereocenters. The molecule has 0 unspecified atom stereocenters. The summed E-state index contributed by atoms with van der Waals surface area (Å²) in [6, 6.07) is 18.5. The van der Waals surface area contributed by atoms with Gasteiger partial charge in [0.05, 0.1) is 72.7 Å². The van der Waals surface area contributed by atoms with Gasteiger partial charge in [-0.05, 0) is 58.9 Å². The lowest BCUT2D eigenvalue weighted by Gasteiger charge is -2.12. The Balaban J connectivity index is 0.000000182. The van der Waals surface area contributed by atoms with E-state index in [0.29, 0.717) is 62.8 Å². The quantitative estimate of drug-likeness (QED) is 0.115. The second-order valence-corrected chi connectivity index (χ2v) is 17.9. The summed E-state index contributed by atoms with van der Waals surface area (Å²) >= 11 is 1.43. The number of fused-ring (bicyclic) bond motifs is 2. The van der Waals surface area contributed by atoms with Crippen LogP contribution in [0.3, 0.4) is 0 Å². The van der Waals surface area contributed by atoms with E-state index < -0.39 is 46.9 Å². The van der Waals surface area contributed by atoms with Gasteiger partial charge in [-0.2, -0.15) is 46.6 Å². The maximum atomic E-state index is 14.0. The number of halogens is 6. The summed E-state index contributed by atoms with van der Waals surface area (Å²) < 4.78 is 97.4. The van der Waals surface area contributed by atoms with E-state index in [1.807, 2.05) is 20.8 Å². The molecule has 0 saturated heterocycles. The standard InChI is InChI=1S/C25H22F3N7O2S.C23H19F3N8O2/c1-5-20-31-19(34-37-20)11-35-13(3)21(23(33-35)25(26,27)28)32-24(36)16-10-18(22-12(2)29-14(4)38-22)30-17-9-7-6-8-15(16)17;1-12-8-14(32-36-12)10-34-13(2)19(20(31-34)23(24,25)26)30-22(35)16-9-18(21-27-11-28-33(21)3)29-17-7-5-4-6-15(16)17/h6-10H,5,11H2,1-4H3,(H,32,36);4-9,11H,10H2,1-3H3,(H,30,35). The molecule has 0 aliphatic carbocycles. The normalized spacial score (nSPS) is 11.9. The van der Waals surface area contributed by atoms with Crippen molar-refractivity contribution in [2.45, 2.75) is 73.4 Å². The van der Waals surface area contributed by atoms with Crippen molar-refractivity contribution in [3.63, 3.8) is 0 Å². The molecule has 2 aromatic carbocycles. The summed E-state index contributed by atoms with van der Waals surface area (Å²) in [4.78, 5) is 49.7. The molecule has 0 bridgehead atoms. The Kier molecular flexibility index (Phi) is 13.4. The fraction of sp³-hybridized carbons (Fsp3) is 0.250. The van der Waals surface area contributed by atoms with E-state index in [4.69, 9.17) is 9.05 Å². The maximum Gasteiger partial charge on any atom is 0.437 e. The third kappa shape index (κ3) is 10.2. The number of para-hydroxylation sites is 2. The van der Waals surface area contributed by atoms with Crippen LogP contribution in [0.1, 0.15) is 84.3 Å². The minimum absolute atomic E-state index is 0.0589. The molecule has 0 fully saturated rings. The summed E-state index contributed by atoms with van der Waals surface area (Å²) in [5.74, 6) is -0.00678. The minimum Gasteiger partial charge on any atom is -0.361 e. The van der Waals surface area contributed by atoms with Crippen LogP contribution < -0.4 is 10.6 Å². The Labute approximate surface area is 418 Å². The van der Waals surface area contributed by atoms with Crippen molar-refractivity contribution in [3.05, 3.63) is 141 Å². The summed E-state index contributed by atoms with van der Waals surface area (Å²) in [7, 11) is 1.67. The second-order valence-electron chi connectivity index (χ2n) is 16.7. The van der Waals surface area contributed by atoms with E-state index in [-0.39, 0.29) is 41.4 Å². The number of benzene rings is 2. The molecule has 2 N–H and O–H groups in total. The van der Waals surface area contributed by atoms with Gasteiger partial charge in [0.25, 0.3) is 11.8 Å². The van der Waals surface area contributed by atoms with Crippen LogP contribution in [-0.2, 0) is 38.9 Å². The fourth-order valence-electron chi connectivity index (χ4n) is 7.99. The van der Waals surface area contributed by atoms with Gasteiger partial charge in [-0.25, -0.2) is 24.6 Å². The monoisotopic (exact) mass is 1040 g/mol. The third-order valence-electron chi connectivity index (χ3n) is 11.5. The molecule has 380 valence electrons. The molecule has 0 radical (unpaired) electrons. The van der Waals surface area contributed by atoms with Crippen molar-refractivity contribution < 1.29 is 45.0 Å². The predicted molar refractivity (Wildman–Crippen MR) is 257 cm³/mol. The van der Waals surface area contributed by atoms with E-state index in [9.17, 15) is 35.9 Å². The second kappa shape index (κ2) is 19.7. The summed E-state index contributed by atoms with van der Waals surface area (Å²) in [6.07, 6.45) is -7.78. The van der Waals surface area contributed by atoms with Crippen LogP contribution in [0, 0.1) is 34.6 Å². The highest BCUT2D eigenvalue weighted by molar-refractivity contribution is 7.15. The van der Waals surface area contributed by atoms with Gasteiger partial charge < -0.3 is 19.7 Å². The first-order chi connectivity index (χ1) is 35.2. The molecule has 0 spiro atoms. The van der Waals surface area contributed by atoms with Crippen LogP contribution in [0.5, 0.6) is 0 Å². The molecule has 74 heavy (non-hydrogen) atoms. The maximum absolute atomic E-state index is 14.0. The summed E-state index contributed by atoms with van der Waals surface area (Å²) in [5, 5.41) is 25.8. The highest BCUT2D eigenvalue weighted by atomic mass is 32.1. The van der Waals surface area contributed by atoms with Crippen molar-refractivity contribution in [1.82, 2.24) is 64.6 Å². The topological polar surface area (TPSA) is 228 Å². The first-order valence-electron chi connectivity index (χ1n) is 22.4. The Morgan fingerprint density at radius 2 is 1.24 bits per heavy atom. The number of amides is 2. The Morgan fingerprint density at radius 1 is 0.689 bits per heavy atom. The van der Waals surface area contributed by atoms with Crippen LogP contribution in [0.4, 0.5) is 37.7 Å². The number of anilines is 2. The van der Waals surface area contributed by atoms with E-state index in [0.717, 1.165) is 24.9 Å². The summed E-state index contributed by atoms with van der Waals surface area (Å²) in [5.41, 5.74) is 0.272. The third-order valence-corrected chi connectivity index (χ3v) is 12.6. The number of hydrogen-bond donors (Lipinski definition) is 2. The molecule has 19 nitrogen and oxygen atoms in total. The van der Waals surface area contributed by atoms with Crippen LogP contribution >= 0.6 is 11.3 Å². The zero-order valence-electron chi connectivity index (χ0n) is 40.2. The molecule has 2 amide bonds. The molecule has 8 aromatic heterocycles. The van der Waals surface area contributed by atoms with Crippen LogP contribution in [-0.4, -0.2) is 76.4 Å². The Bertz CT molecular complexity index is 3750. The molecular weight excluding hydrogens is 997 g/mol. The molecular formula is C48H41F6N15O4S. The number of nitrogens with zero attached hydrogens (tertiary/aromatic N) is 13. The zero-order chi connectivity index (χ0) is 52.8. The zero-order valence-corrected chi connectivity index (χ0v) is 41.0. The lowest BCUT2D eigenvalue weighted by molar-refractivity contribution is -0.141.